The van der Waals surface area contributed by atoms with Gasteiger partial charge in [-0.3, -0.25) is 14.6 Å². The smallest absolute Gasteiger partial charge is 0.251 e. The van der Waals surface area contributed by atoms with E-state index in [-0.39, 0.29) is 53.8 Å². The van der Waals surface area contributed by atoms with Gasteiger partial charge in [0.05, 0.1) is 0 Å². The molecule has 1 aromatic rings. The fourth-order valence-electron chi connectivity index (χ4n) is 3.69. The molecule has 1 aliphatic carbocycles. The van der Waals surface area contributed by atoms with Gasteiger partial charge in [0.2, 0.25) is 5.91 Å². The molecular formula is C22H36IN5O2. The number of nitrogens with zero attached hydrogens (tertiary/aromatic N) is 1. The molecule has 2 amide bonds. The maximum atomic E-state index is 12.3. The van der Waals surface area contributed by atoms with Crippen LogP contribution in [0.1, 0.15) is 55.5 Å². The van der Waals surface area contributed by atoms with Gasteiger partial charge in [-0.15, -0.1) is 24.0 Å². The molecule has 0 aliphatic heterocycles. The second kappa shape index (κ2) is 13.5. The van der Waals surface area contributed by atoms with Gasteiger partial charge in [-0.2, -0.15) is 0 Å². The lowest BCUT2D eigenvalue weighted by Crippen LogP contribution is -2.47. The van der Waals surface area contributed by atoms with Crippen molar-refractivity contribution in [2.75, 3.05) is 20.6 Å². The molecule has 1 saturated carbocycles. The topological polar surface area (TPSA) is 94.6 Å². The molecule has 4 N–H and O–H groups in total. The SMILES string of the molecule is CN=C(NCCc1cccc(C(=O)NC)c1)NC1CCCC(C(=O)NC(C)C)C1.I. The Bertz CT molecular complexity index is 723. The van der Waals surface area contributed by atoms with Crippen LogP contribution in [0.2, 0.25) is 0 Å². The number of hydrogen-bond donors (Lipinski definition) is 4. The molecule has 1 aliphatic rings. The molecular weight excluding hydrogens is 493 g/mol. The number of guanidine groups is 1. The maximum absolute atomic E-state index is 12.3. The van der Waals surface area contributed by atoms with Gasteiger partial charge in [0.25, 0.3) is 5.91 Å². The third-order valence-corrected chi connectivity index (χ3v) is 5.16. The quantitative estimate of drug-likeness (QED) is 0.248. The lowest BCUT2D eigenvalue weighted by atomic mass is 9.85. The summed E-state index contributed by atoms with van der Waals surface area (Å²) in [6.45, 7) is 4.69. The summed E-state index contributed by atoms with van der Waals surface area (Å²) in [5.41, 5.74) is 1.76. The fourth-order valence-corrected chi connectivity index (χ4v) is 3.69. The van der Waals surface area contributed by atoms with Crippen molar-refractivity contribution in [2.45, 2.75) is 58.0 Å². The zero-order valence-electron chi connectivity index (χ0n) is 18.5. The molecule has 0 heterocycles. The molecule has 2 unspecified atom stereocenters. The van der Waals surface area contributed by atoms with Gasteiger partial charge < -0.3 is 21.3 Å². The van der Waals surface area contributed by atoms with Crippen molar-refractivity contribution in [2.24, 2.45) is 10.9 Å². The van der Waals surface area contributed by atoms with Gasteiger partial charge in [-0.1, -0.05) is 18.6 Å². The van der Waals surface area contributed by atoms with Crippen LogP contribution in [0.4, 0.5) is 0 Å². The summed E-state index contributed by atoms with van der Waals surface area (Å²) in [6, 6.07) is 8.06. The number of carbonyl (C=O) groups excluding carboxylic acids is 2. The van der Waals surface area contributed by atoms with Crippen molar-refractivity contribution in [3.05, 3.63) is 35.4 Å². The second-order valence-corrected chi connectivity index (χ2v) is 7.90. The number of aliphatic imine (C=N–C) groups is 1. The van der Waals surface area contributed by atoms with Crippen molar-refractivity contribution >= 4 is 41.8 Å². The average Bonchev–Trinajstić information content (AvgIpc) is 2.72. The molecule has 0 saturated heterocycles. The van der Waals surface area contributed by atoms with Gasteiger partial charge >= 0.3 is 0 Å². The number of hydrogen-bond acceptors (Lipinski definition) is 3. The lowest BCUT2D eigenvalue weighted by molar-refractivity contribution is -0.126. The molecule has 2 rings (SSSR count). The van der Waals surface area contributed by atoms with Crippen molar-refractivity contribution in [3.63, 3.8) is 0 Å². The summed E-state index contributed by atoms with van der Waals surface area (Å²) >= 11 is 0. The fraction of sp³-hybridized carbons (Fsp3) is 0.591. The van der Waals surface area contributed by atoms with Gasteiger partial charge in [0.15, 0.2) is 5.96 Å². The van der Waals surface area contributed by atoms with Crippen LogP contribution >= 0.6 is 24.0 Å². The van der Waals surface area contributed by atoms with Crippen LogP contribution in [0.15, 0.2) is 29.3 Å². The summed E-state index contributed by atoms with van der Waals surface area (Å²) in [6.07, 6.45) is 4.64. The molecule has 0 spiro atoms. The van der Waals surface area contributed by atoms with E-state index < -0.39 is 0 Å². The Kier molecular flexibility index (Phi) is 11.8. The maximum Gasteiger partial charge on any atom is 0.251 e. The number of amides is 2. The molecule has 2 atom stereocenters. The summed E-state index contributed by atoms with van der Waals surface area (Å²) in [4.78, 5) is 28.4. The van der Waals surface area contributed by atoms with Gasteiger partial charge in [0, 0.05) is 44.2 Å². The zero-order chi connectivity index (χ0) is 21.2. The van der Waals surface area contributed by atoms with E-state index in [1.807, 2.05) is 38.1 Å². The minimum absolute atomic E-state index is 0. The van der Waals surface area contributed by atoms with Crippen LogP contribution in [0, 0.1) is 5.92 Å². The largest absolute Gasteiger partial charge is 0.356 e. The Hall–Kier alpha value is -1.84. The standard InChI is InChI=1S/C22H35N5O2.HI/c1-15(2)26-21(29)18-9-6-10-19(14-18)27-22(24-4)25-12-11-16-7-5-8-17(13-16)20(28)23-3;/h5,7-8,13,15,18-19H,6,9-12,14H2,1-4H3,(H,23,28)(H,26,29)(H2,24,25,27);1H. The van der Waals surface area contributed by atoms with E-state index >= 15 is 0 Å². The molecule has 1 aromatic carbocycles. The Morgan fingerprint density at radius 3 is 2.67 bits per heavy atom. The molecule has 0 radical (unpaired) electrons. The number of rotatable bonds is 7. The van der Waals surface area contributed by atoms with E-state index in [2.05, 4.69) is 26.3 Å². The van der Waals surface area contributed by atoms with E-state index in [4.69, 9.17) is 0 Å². The third-order valence-electron chi connectivity index (χ3n) is 5.16. The predicted octanol–water partition coefficient (Wildman–Crippen LogP) is 2.46. The predicted molar refractivity (Wildman–Crippen MR) is 132 cm³/mol. The minimum atomic E-state index is -0.0781. The zero-order valence-corrected chi connectivity index (χ0v) is 20.8. The first-order valence-corrected chi connectivity index (χ1v) is 10.5. The van der Waals surface area contributed by atoms with Crippen molar-refractivity contribution in [1.29, 1.82) is 0 Å². The molecule has 7 nitrogen and oxygen atoms in total. The molecule has 30 heavy (non-hydrogen) atoms. The van der Waals surface area contributed by atoms with Crippen LogP contribution < -0.4 is 21.3 Å². The highest BCUT2D eigenvalue weighted by Crippen LogP contribution is 2.24. The van der Waals surface area contributed by atoms with Crippen LogP contribution in [0.25, 0.3) is 0 Å². The van der Waals surface area contributed by atoms with Crippen LogP contribution in [0.3, 0.4) is 0 Å². The summed E-state index contributed by atoms with van der Waals surface area (Å²) in [7, 11) is 3.39. The Balaban J connectivity index is 0.00000450. The Morgan fingerprint density at radius 2 is 2.00 bits per heavy atom. The minimum Gasteiger partial charge on any atom is -0.356 e. The van der Waals surface area contributed by atoms with Gasteiger partial charge in [-0.25, -0.2) is 0 Å². The first kappa shape index (κ1) is 26.2. The normalized spacial score (nSPS) is 18.9. The number of nitrogens with one attached hydrogen (secondary N) is 4. The average molecular weight is 529 g/mol. The number of carbonyl (C=O) groups is 2. The van der Waals surface area contributed by atoms with Gasteiger partial charge in [-0.05, 0) is 57.2 Å². The Morgan fingerprint density at radius 1 is 1.23 bits per heavy atom. The molecule has 1 fully saturated rings. The van der Waals surface area contributed by atoms with Crippen LogP contribution in [-0.4, -0.2) is 50.5 Å². The monoisotopic (exact) mass is 529 g/mol. The third kappa shape index (κ3) is 8.49. The van der Waals surface area contributed by atoms with Crippen LogP contribution in [-0.2, 0) is 11.2 Å². The Labute approximate surface area is 197 Å². The summed E-state index contributed by atoms with van der Waals surface area (Å²) < 4.78 is 0. The van der Waals surface area contributed by atoms with E-state index in [1.165, 1.54) is 0 Å². The van der Waals surface area contributed by atoms with Crippen LogP contribution in [0.5, 0.6) is 0 Å². The highest BCUT2D eigenvalue weighted by Gasteiger charge is 2.27. The first-order valence-electron chi connectivity index (χ1n) is 10.5. The van der Waals surface area contributed by atoms with E-state index in [0.29, 0.717) is 12.1 Å². The van der Waals surface area contributed by atoms with Crippen molar-refractivity contribution < 1.29 is 9.59 Å². The van der Waals surface area contributed by atoms with Crippen molar-refractivity contribution in [3.8, 4) is 0 Å². The second-order valence-electron chi connectivity index (χ2n) is 7.90. The lowest BCUT2D eigenvalue weighted by Gasteiger charge is -2.30. The van der Waals surface area contributed by atoms with Crippen molar-refractivity contribution in [1.82, 2.24) is 21.3 Å². The summed E-state index contributed by atoms with van der Waals surface area (Å²) in [5.74, 6) is 0.896. The van der Waals surface area contributed by atoms with Gasteiger partial charge in [0.1, 0.15) is 0 Å². The summed E-state index contributed by atoms with van der Waals surface area (Å²) in [5, 5.41) is 12.5. The van der Waals surface area contributed by atoms with E-state index in [9.17, 15) is 9.59 Å². The molecule has 168 valence electrons. The molecule has 8 heteroatoms. The van der Waals surface area contributed by atoms with E-state index in [0.717, 1.165) is 43.6 Å². The highest BCUT2D eigenvalue weighted by molar-refractivity contribution is 14.0. The molecule has 0 bridgehead atoms. The number of halogens is 1. The number of benzene rings is 1. The first-order chi connectivity index (χ1) is 13.9. The van der Waals surface area contributed by atoms with E-state index in [1.54, 1.807) is 14.1 Å². The highest BCUT2D eigenvalue weighted by atomic mass is 127. The molecule has 0 aromatic heterocycles.